The van der Waals surface area contributed by atoms with Gasteiger partial charge in [-0.25, -0.2) is 15.0 Å². The number of para-hydroxylation sites is 2. The van der Waals surface area contributed by atoms with Crippen molar-refractivity contribution >= 4 is 22.3 Å². The minimum atomic E-state index is 0.492. The van der Waals surface area contributed by atoms with Crippen molar-refractivity contribution in [1.29, 1.82) is 0 Å². The zero-order valence-electron chi connectivity index (χ0n) is 15.9. The van der Waals surface area contributed by atoms with Crippen molar-refractivity contribution < 1.29 is 0 Å². The normalized spacial score (nSPS) is 11.5. The average Bonchev–Trinajstić information content (AvgIpc) is 3.11. The van der Waals surface area contributed by atoms with Gasteiger partial charge >= 0.3 is 0 Å². The van der Waals surface area contributed by atoms with Gasteiger partial charge in [0.15, 0.2) is 11.3 Å². The van der Waals surface area contributed by atoms with Crippen LogP contribution in [0.2, 0.25) is 0 Å². The second-order valence-electron chi connectivity index (χ2n) is 7.24. The van der Waals surface area contributed by atoms with E-state index < -0.39 is 0 Å². The number of hydrogen-bond acceptors (Lipinski definition) is 3. The van der Waals surface area contributed by atoms with E-state index in [2.05, 4.69) is 54.8 Å². The van der Waals surface area contributed by atoms with E-state index in [1.54, 1.807) is 0 Å². The van der Waals surface area contributed by atoms with Gasteiger partial charge in [0.05, 0.1) is 11.0 Å². The molecular formula is C24H20N4. The van der Waals surface area contributed by atoms with Crippen LogP contribution in [-0.4, -0.2) is 19.5 Å². The van der Waals surface area contributed by atoms with E-state index in [1.165, 1.54) is 5.56 Å². The Hall–Kier alpha value is -3.53. The van der Waals surface area contributed by atoms with Crippen LogP contribution in [0.1, 0.15) is 25.3 Å². The Kier molecular flexibility index (Phi) is 3.90. The van der Waals surface area contributed by atoms with Gasteiger partial charge in [0, 0.05) is 11.3 Å². The van der Waals surface area contributed by atoms with E-state index in [1.807, 2.05) is 42.5 Å². The van der Waals surface area contributed by atoms with Crippen molar-refractivity contribution in [3.63, 3.8) is 0 Å². The number of benzene rings is 3. The van der Waals surface area contributed by atoms with Crippen LogP contribution in [-0.2, 0) is 0 Å². The Labute approximate surface area is 163 Å². The molecule has 2 aromatic heterocycles. The third-order valence-electron chi connectivity index (χ3n) is 5.02. The third kappa shape index (κ3) is 2.74. The summed E-state index contributed by atoms with van der Waals surface area (Å²) in [4.78, 5) is 14.5. The van der Waals surface area contributed by atoms with Gasteiger partial charge in [0.2, 0.25) is 0 Å². The molecule has 4 heteroatoms. The summed E-state index contributed by atoms with van der Waals surface area (Å²) in [7, 11) is 0. The second kappa shape index (κ2) is 6.57. The van der Waals surface area contributed by atoms with Gasteiger partial charge in [-0.15, -0.1) is 0 Å². The first kappa shape index (κ1) is 16.6. The highest BCUT2D eigenvalue weighted by Gasteiger charge is 2.17. The van der Waals surface area contributed by atoms with E-state index in [0.29, 0.717) is 11.6 Å². The summed E-state index contributed by atoms with van der Waals surface area (Å²) in [6.07, 6.45) is 0. The lowest BCUT2D eigenvalue weighted by Crippen LogP contribution is -2.00. The molecule has 0 aliphatic heterocycles. The van der Waals surface area contributed by atoms with Gasteiger partial charge in [-0.05, 0) is 35.7 Å². The van der Waals surface area contributed by atoms with Crippen molar-refractivity contribution in [1.82, 2.24) is 19.5 Å². The minimum Gasteiger partial charge on any atom is -0.275 e. The SMILES string of the molecule is CC(C)c1ccc(-n2c(-c3ccccc3)nc3nc4ccccc4nc32)cc1. The van der Waals surface area contributed by atoms with Crippen LogP contribution in [0.15, 0.2) is 78.9 Å². The molecule has 5 aromatic rings. The maximum absolute atomic E-state index is 4.90. The summed E-state index contributed by atoms with van der Waals surface area (Å²) in [5.41, 5.74) is 6.55. The molecule has 0 N–H and O–H groups in total. The first-order valence-corrected chi connectivity index (χ1v) is 9.52. The third-order valence-corrected chi connectivity index (χ3v) is 5.02. The van der Waals surface area contributed by atoms with Crippen LogP contribution in [0.25, 0.3) is 39.4 Å². The quantitative estimate of drug-likeness (QED) is 0.409. The van der Waals surface area contributed by atoms with E-state index in [4.69, 9.17) is 15.0 Å². The molecular weight excluding hydrogens is 344 g/mol. The van der Waals surface area contributed by atoms with Crippen molar-refractivity contribution in [3.8, 4) is 17.1 Å². The lowest BCUT2D eigenvalue weighted by Gasteiger charge is -2.11. The van der Waals surface area contributed by atoms with Crippen LogP contribution in [0.4, 0.5) is 0 Å². The predicted molar refractivity (Wildman–Crippen MR) is 114 cm³/mol. The molecule has 4 nitrogen and oxygen atoms in total. The largest absolute Gasteiger partial charge is 0.275 e. The van der Waals surface area contributed by atoms with Crippen LogP contribution in [0, 0.1) is 0 Å². The summed E-state index contributed by atoms with van der Waals surface area (Å²) in [6.45, 7) is 4.41. The standard InChI is InChI=1S/C24H20N4/c1-16(2)17-12-14-19(15-13-17)28-23(18-8-4-3-5-9-18)27-22-24(28)26-21-11-7-6-10-20(21)25-22/h3-16H,1-2H3. The summed E-state index contributed by atoms with van der Waals surface area (Å²) in [5, 5.41) is 0. The fourth-order valence-corrected chi connectivity index (χ4v) is 3.49. The highest BCUT2D eigenvalue weighted by molar-refractivity contribution is 5.86. The van der Waals surface area contributed by atoms with Crippen LogP contribution >= 0.6 is 0 Å². The Morgan fingerprint density at radius 2 is 1.32 bits per heavy atom. The number of fused-ring (bicyclic) bond motifs is 2. The van der Waals surface area contributed by atoms with Crippen molar-refractivity contribution in [2.75, 3.05) is 0 Å². The Morgan fingerprint density at radius 3 is 2.00 bits per heavy atom. The molecule has 0 unspecified atom stereocenters. The monoisotopic (exact) mass is 364 g/mol. The fraction of sp³-hybridized carbons (Fsp3) is 0.125. The molecule has 0 radical (unpaired) electrons. The van der Waals surface area contributed by atoms with Gasteiger partial charge < -0.3 is 0 Å². The topological polar surface area (TPSA) is 43.6 Å². The molecule has 2 heterocycles. The highest BCUT2D eigenvalue weighted by Crippen LogP contribution is 2.29. The molecule has 28 heavy (non-hydrogen) atoms. The van der Waals surface area contributed by atoms with E-state index in [0.717, 1.165) is 33.8 Å². The fourth-order valence-electron chi connectivity index (χ4n) is 3.49. The molecule has 5 rings (SSSR count). The summed E-state index contributed by atoms with van der Waals surface area (Å²) in [5.74, 6) is 1.34. The molecule has 0 atom stereocenters. The number of nitrogens with zero attached hydrogens (tertiary/aromatic N) is 4. The highest BCUT2D eigenvalue weighted by atomic mass is 15.2. The molecule has 136 valence electrons. The van der Waals surface area contributed by atoms with Gasteiger partial charge in [-0.2, -0.15) is 0 Å². The predicted octanol–water partition coefficient (Wildman–Crippen LogP) is 5.76. The van der Waals surface area contributed by atoms with Crippen LogP contribution < -0.4 is 0 Å². The number of rotatable bonds is 3. The molecule has 0 bridgehead atoms. The number of hydrogen-bond donors (Lipinski definition) is 0. The summed E-state index contributed by atoms with van der Waals surface area (Å²) < 4.78 is 2.11. The minimum absolute atomic E-state index is 0.492. The lowest BCUT2D eigenvalue weighted by atomic mass is 10.0. The molecule has 0 amide bonds. The Morgan fingerprint density at radius 1 is 0.679 bits per heavy atom. The van der Waals surface area contributed by atoms with Gasteiger partial charge in [-0.1, -0.05) is 68.4 Å². The summed E-state index contributed by atoms with van der Waals surface area (Å²) >= 11 is 0. The maximum Gasteiger partial charge on any atom is 0.199 e. The Bertz CT molecular complexity index is 1270. The number of aromatic nitrogens is 4. The molecule has 0 aliphatic carbocycles. The van der Waals surface area contributed by atoms with E-state index in [9.17, 15) is 0 Å². The smallest absolute Gasteiger partial charge is 0.199 e. The zero-order valence-corrected chi connectivity index (χ0v) is 15.9. The maximum atomic E-state index is 4.90. The van der Waals surface area contributed by atoms with Crippen molar-refractivity contribution in [3.05, 3.63) is 84.4 Å². The zero-order chi connectivity index (χ0) is 19.1. The molecule has 0 saturated carbocycles. The van der Waals surface area contributed by atoms with Crippen LogP contribution in [0.5, 0.6) is 0 Å². The average molecular weight is 364 g/mol. The van der Waals surface area contributed by atoms with Crippen molar-refractivity contribution in [2.45, 2.75) is 19.8 Å². The van der Waals surface area contributed by atoms with Crippen LogP contribution in [0.3, 0.4) is 0 Å². The first-order valence-electron chi connectivity index (χ1n) is 9.52. The molecule has 0 fully saturated rings. The van der Waals surface area contributed by atoms with Gasteiger partial charge in [0.25, 0.3) is 0 Å². The molecule has 0 saturated heterocycles. The summed E-state index contributed by atoms with van der Waals surface area (Å²) in [6, 6.07) is 26.8. The van der Waals surface area contributed by atoms with Gasteiger partial charge in [0.1, 0.15) is 5.82 Å². The van der Waals surface area contributed by atoms with Gasteiger partial charge in [-0.3, -0.25) is 4.57 Å². The molecule has 0 spiro atoms. The lowest BCUT2D eigenvalue weighted by molar-refractivity contribution is 0.865. The molecule has 0 aliphatic rings. The Balaban J connectivity index is 1.82. The first-order chi connectivity index (χ1) is 13.7. The van der Waals surface area contributed by atoms with E-state index in [-0.39, 0.29) is 0 Å². The number of imidazole rings is 1. The second-order valence-corrected chi connectivity index (χ2v) is 7.24. The van der Waals surface area contributed by atoms with E-state index >= 15 is 0 Å². The molecule has 3 aromatic carbocycles. The van der Waals surface area contributed by atoms with Crippen molar-refractivity contribution in [2.24, 2.45) is 0 Å².